The molecule has 0 unspecified atom stereocenters. The number of nitrogens with zero attached hydrogens (tertiary/aromatic N) is 2. The van der Waals surface area contributed by atoms with E-state index in [0.717, 1.165) is 15.6 Å². The highest BCUT2D eigenvalue weighted by atomic mass is 79.9. The molecule has 0 bridgehead atoms. The quantitative estimate of drug-likeness (QED) is 0.598. The van der Waals surface area contributed by atoms with Crippen LogP contribution in [-0.4, -0.2) is 21.8 Å². The Morgan fingerprint density at radius 2 is 2.11 bits per heavy atom. The van der Waals surface area contributed by atoms with Crippen LogP contribution in [0.2, 0.25) is 5.02 Å². The topological polar surface area (TPSA) is 65.8 Å². The van der Waals surface area contributed by atoms with Crippen molar-refractivity contribution in [3.8, 4) is 5.75 Å². The van der Waals surface area contributed by atoms with Crippen LogP contribution in [0.3, 0.4) is 0 Å². The number of aliphatic imine (C=N–C) groups is 1. The Morgan fingerprint density at radius 3 is 2.89 bits per heavy atom. The molecule has 0 radical (unpaired) electrons. The van der Waals surface area contributed by atoms with Gasteiger partial charge in [0.2, 0.25) is 0 Å². The Hall–Kier alpha value is -2.35. The zero-order valence-corrected chi connectivity index (χ0v) is 17.5. The molecule has 2 aromatic rings. The van der Waals surface area contributed by atoms with Gasteiger partial charge in [-0.25, -0.2) is 0 Å². The molecule has 1 amide bonds. The lowest BCUT2D eigenvalue weighted by Gasteiger charge is -2.22. The highest BCUT2D eigenvalue weighted by molar-refractivity contribution is 9.10. The molecule has 0 saturated carbocycles. The normalized spacial score (nSPS) is 17.1. The molecule has 2 heterocycles. The van der Waals surface area contributed by atoms with E-state index in [9.17, 15) is 4.79 Å². The monoisotopic (exact) mass is 473 g/mol. The van der Waals surface area contributed by atoms with Gasteiger partial charge in [0.25, 0.3) is 5.91 Å². The number of nitrogens with one attached hydrogen (secondary N) is 1. The van der Waals surface area contributed by atoms with Crippen LogP contribution in [-0.2, 0) is 11.4 Å². The van der Waals surface area contributed by atoms with Crippen LogP contribution < -0.4 is 4.74 Å². The predicted octanol–water partition coefficient (Wildman–Crippen LogP) is 5.46. The molecule has 4 rings (SSSR count). The summed E-state index contributed by atoms with van der Waals surface area (Å²) in [6.07, 6.45) is 3.39. The molecule has 0 aromatic heterocycles. The van der Waals surface area contributed by atoms with Gasteiger partial charge in [0.15, 0.2) is 5.17 Å². The number of rotatable bonds is 4. The van der Waals surface area contributed by atoms with Gasteiger partial charge < -0.3 is 4.74 Å². The maximum Gasteiger partial charge on any atom is 0.283 e. The summed E-state index contributed by atoms with van der Waals surface area (Å²) in [5.74, 6) is 0.361. The molecule has 2 aliphatic rings. The maximum atomic E-state index is 12.3. The number of amidine groups is 2. The Labute approximate surface area is 179 Å². The van der Waals surface area contributed by atoms with E-state index in [-0.39, 0.29) is 11.4 Å². The van der Waals surface area contributed by atoms with Crippen molar-refractivity contribution < 1.29 is 9.53 Å². The fraction of sp³-hybridized carbons (Fsp3) is 0.0500. The fourth-order valence-corrected chi connectivity index (χ4v) is 4.10. The molecule has 8 heteroatoms. The molecule has 28 heavy (non-hydrogen) atoms. The molecule has 1 N–H and O–H groups in total. The Balaban J connectivity index is 1.54. The number of carbonyl (C=O) groups is 1. The van der Waals surface area contributed by atoms with Crippen LogP contribution in [0, 0.1) is 5.41 Å². The highest BCUT2D eigenvalue weighted by Gasteiger charge is 2.30. The van der Waals surface area contributed by atoms with Gasteiger partial charge in [0, 0.05) is 16.8 Å². The number of fused-ring (bicyclic) bond motifs is 1. The lowest BCUT2D eigenvalue weighted by molar-refractivity contribution is -0.114. The number of hydrogen-bond acceptors (Lipinski definition) is 4. The van der Waals surface area contributed by atoms with E-state index in [0.29, 0.717) is 22.5 Å². The number of amides is 1. The van der Waals surface area contributed by atoms with Crippen LogP contribution in [0.4, 0.5) is 0 Å². The zero-order valence-electron chi connectivity index (χ0n) is 14.4. The minimum absolute atomic E-state index is 0.117. The van der Waals surface area contributed by atoms with Gasteiger partial charge >= 0.3 is 0 Å². The molecule has 0 fully saturated rings. The Bertz CT molecular complexity index is 1080. The van der Waals surface area contributed by atoms with Crippen LogP contribution in [0.25, 0.3) is 6.08 Å². The molecule has 5 nitrogen and oxygen atoms in total. The van der Waals surface area contributed by atoms with E-state index in [1.165, 1.54) is 11.8 Å². The van der Waals surface area contributed by atoms with Crippen LogP contribution >= 0.6 is 39.3 Å². The summed E-state index contributed by atoms with van der Waals surface area (Å²) < 4.78 is 6.58. The Kier molecular flexibility index (Phi) is 5.39. The summed E-state index contributed by atoms with van der Waals surface area (Å²) in [4.78, 5) is 17.9. The van der Waals surface area contributed by atoms with E-state index >= 15 is 0 Å². The average molecular weight is 475 g/mol. The van der Waals surface area contributed by atoms with Crippen molar-refractivity contribution in [1.82, 2.24) is 4.90 Å². The summed E-state index contributed by atoms with van der Waals surface area (Å²) >= 11 is 11.0. The second kappa shape index (κ2) is 7.95. The smallest absolute Gasteiger partial charge is 0.283 e. The second-order valence-electron chi connectivity index (χ2n) is 5.95. The summed E-state index contributed by atoms with van der Waals surface area (Å²) in [6.45, 7) is 0.346. The van der Waals surface area contributed by atoms with Gasteiger partial charge in [-0.3, -0.25) is 15.1 Å². The minimum atomic E-state index is -0.414. The first kappa shape index (κ1) is 19.0. The molecule has 0 spiro atoms. The fourth-order valence-electron chi connectivity index (χ4n) is 2.69. The molecule has 0 saturated heterocycles. The number of ether oxygens (including phenoxy) is 1. The van der Waals surface area contributed by atoms with Crippen molar-refractivity contribution >= 4 is 62.3 Å². The van der Waals surface area contributed by atoms with Gasteiger partial charge in [-0.15, -0.1) is 0 Å². The summed E-state index contributed by atoms with van der Waals surface area (Å²) in [5.41, 5.74) is 1.90. The van der Waals surface area contributed by atoms with Crippen molar-refractivity contribution in [3.05, 3.63) is 80.3 Å². The predicted molar refractivity (Wildman–Crippen MR) is 117 cm³/mol. The standard InChI is InChI=1S/C20H13BrClN3O2S/c21-15-10-12(5-6-17(15)27-11-13-3-1-2-4-16(13)22)9-14-18(23)25-7-8-28-20(25)24-19(14)26/h1-10,23H,11H2/b14-9-,23-18?. The first-order valence-corrected chi connectivity index (χ1v) is 10.3. The summed E-state index contributed by atoms with van der Waals surface area (Å²) in [7, 11) is 0. The molecule has 2 aromatic carbocycles. The minimum Gasteiger partial charge on any atom is -0.488 e. The SMILES string of the molecule is N=C1/C(=C/c2ccc(OCc3ccccc3Cl)c(Br)c2)C(=O)N=C2SC=CN12. The molecule has 0 aliphatic carbocycles. The third kappa shape index (κ3) is 3.78. The lowest BCUT2D eigenvalue weighted by atomic mass is 10.1. The maximum absolute atomic E-state index is 12.3. The third-order valence-electron chi connectivity index (χ3n) is 4.12. The average Bonchev–Trinajstić information content (AvgIpc) is 3.14. The van der Waals surface area contributed by atoms with Crippen molar-refractivity contribution in [2.75, 3.05) is 0 Å². The summed E-state index contributed by atoms with van der Waals surface area (Å²) in [5, 5.41) is 11.2. The molecule has 0 atom stereocenters. The largest absolute Gasteiger partial charge is 0.488 e. The summed E-state index contributed by atoms with van der Waals surface area (Å²) in [6, 6.07) is 13.0. The lowest BCUT2D eigenvalue weighted by Crippen LogP contribution is -2.35. The van der Waals surface area contributed by atoms with Gasteiger partial charge in [-0.1, -0.05) is 47.6 Å². The van der Waals surface area contributed by atoms with Crippen molar-refractivity contribution in [3.63, 3.8) is 0 Å². The first-order chi connectivity index (χ1) is 13.5. The van der Waals surface area contributed by atoms with E-state index in [4.69, 9.17) is 21.7 Å². The van der Waals surface area contributed by atoms with Gasteiger partial charge in [0.1, 0.15) is 18.2 Å². The van der Waals surface area contributed by atoms with Crippen LogP contribution in [0.15, 0.2) is 69.1 Å². The van der Waals surface area contributed by atoms with E-state index in [1.54, 1.807) is 22.6 Å². The molecular formula is C20H13BrClN3O2S. The van der Waals surface area contributed by atoms with E-state index in [1.807, 2.05) is 42.5 Å². The Morgan fingerprint density at radius 1 is 1.29 bits per heavy atom. The van der Waals surface area contributed by atoms with Crippen LogP contribution in [0.1, 0.15) is 11.1 Å². The number of benzene rings is 2. The van der Waals surface area contributed by atoms with Crippen LogP contribution in [0.5, 0.6) is 5.75 Å². The van der Waals surface area contributed by atoms with E-state index < -0.39 is 5.91 Å². The first-order valence-electron chi connectivity index (χ1n) is 8.25. The van der Waals surface area contributed by atoms with Gasteiger partial charge in [0.05, 0.1) is 10.0 Å². The number of hydrogen-bond donors (Lipinski definition) is 1. The van der Waals surface area contributed by atoms with Crippen molar-refractivity contribution in [1.29, 1.82) is 5.41 Å². The number of halogens is 2. The van der Waals surface area contributed by atoms with E-state index in [2.05, 4.69) is 20.9 Å². The van der Waals surface area contributed by atoms with Gasteiger partial charge in [-0.05, 0) is 51.2 Å². The number of thioether (sulfide) groups is 1. The van der Waals surface area contributed by atoms with Crippen molar-refractivity contribution in [2.45, 2.75) is 6.61 Å². The van der Waals surface area contributed by atoms with Crippen molar-refractivity contribution in [2.24, 2.45) is 4.99 Å². The van der Waals surface area contributed by atoms with Gasteiger partial charge in [-0.2, -0.15) is 4.99 Å². The zero-order chi connectivity index (χ0) is 19.7. The molecular weight excluding hydrogens is 462 g/mol. The highest BCUT2D eigenvalue weighted by Crippen LogP contribution is 2.30. The second-order valence-corrected chi connectivity index (χ2v) is 8.08. The molecule has 2 aliphatic heterocycles. The molecule has 140 valence electrons. The number of carbonyl (C=O) groups excluding carboxylic acids is 1. The third-order valence-corrected chi connectivity index (χ3v) is 5.87.